The minimum atomic E-state index is -4.78. The third-order valence-electron chi connectivity index (χ3n) is 2.80. The summed E-state index contributed by atoms with van der Waals surface area (Å²) >= 11 is 0. The van der Waals surface area contributed by atoms with E-state index in [-0.39, 0.29) is 23.5 Å². The lowest BCUT2D eigenvalue weighted by atomic mass is 10.1. The van der Waals surface area contributed by atoms with Crippen LogP contribution < -0.4 is 5.73 Å². The molecule has 0 saturated heterocycles. The number of rotatable bonds is 2. The summed E-state index contributed by atoms with van der Waals surface area (Å²) in [5.41, 5.74) is 4.71. The zero-order valence-electron chi connectivity index (χ0n) is 12.5. The molecule has 2 N–H and O–H groups in total. The molecule has 0 aliphatic rings. The Hall–Kier alpha value is -2.06. The first-order valence-corrected chi connectivity index (χ1v) is 6.57. The summed E-state index contributed by atoms with van der Waals surface area (Å²) in [6.45, 7) is 0. The van der Waals surface area contributed by atoms with E-state index in [1.165, 1.54) is 36.4 Å². The summed E-state index contributed by atoms with van der Waals surface area (Å²) in [5.74, 6) is -1.80. The van der Waals surface area contributed by atoms with E-state index in [1.807, 2.05) is 0 Å². The highest BCUT2D eigenvalue weighted by molar-refractivity contribution is 6.00. The number of benzene rings is 2. The highest BCUT2D eigenvalue weighted by Crippen LogP contribution is 2.29. The lowest BCUT2D eigenvalue weighted by Crippen LogP contribution is -2.28. The smallest absolute Gasteiger partial charge is 0.316 e. The fourth-order valence-electron chi connectivity index (χ4n) is 1.60. The van der Waals surface area contributed by atoms with Crippen molar-refractivity contribution in [3.05, 3.63) is 71.8 Å². The number of nitrogens with two attached hydrogens (primary N) is 1. The maximum atomic E-state index is 12.0. The fourth-order valence-corrected chi connectivity index (χ4v) is 1.60. The molecule has 0 aliphatic heterocycles. The second-order valence-electron chi connectivity index (χ2n) is 4.62. The molecule has 2 rings (SSSR count). The summed E-state index contributed by atoms with van der Waals surface area (Å²) in [6, 6.07) is 12.1. The van der Waals surface area contributed by atoms with Gasteiger partial charge in [-0.25, -0.2) is 0 Å². The van der Waals surface area contributed by atoms with Crippen LogP contribution in [0.2, 0.25) is 0 Å². The van der Waals surface area contributed by atoms with E-state index < -0.39 is 24.2 Å². The van der Waals surface area contributed by atoms with Crippen LogP contribution in [0.3, 0.4) is 0 Å². The van der Waals surface area contributed by atoms with Crippen molar-refractivity contribution in [1.29, 1.82) is 0 Å². The van der Waals surface area contributed by atoms with Gasteiger partial charge in [-0.1, -0.05) is 60.7 Å². The molecule has 0 spiro atoms. The number of carbonyl (C=O) groups is 1. The van der Waals surface area contributed by atoms with Crippen LogP contribution in [-0.2, 0) is 0 Å². The molecule has 25 heavy (non-hydrogen) atoms. The van der Waals surface area contributed by atoms with Gasteiger partial charge in [-0.15, -0.1) is 12.4 Å². The summed E-state index contributed by atoms with van der Waals surface area (Å²) in [4.78, 5) is 10.5. The topological polar surface area (TPSA) is 43.1 Å². The summed E-state index contributed by atoms with van der Waals surface area (Å²) in [6.07, 6.45) is -9.14. The standard InChI is InChI=1S/C8H8F3N.C8H5F3O.ClH/c2*9-8(10,11)7(12)6-4-2-1-3-5-6;/h1-5,7H,12H2;1-5H;1H/t7-;;/m0../s1. The molecule has 0 heterocycles. The molecule has 0 unspecified atom stereocenters. The number of hydrogen-bond donors (Lipinski definition) is 1. The van der Waals surface area contributed by atoms with Gasteiger partial charge in [-0.2, -0.15) is 26.3 Å². The fraction of sp³-hybridized carbons (Fsp3) is 0.188. The second-order valence-corrected chi connectivity index (χ2v) is 4.62. The van der Waals surface area contributed by atoms with Crippen LogP contribution in [0.15, 0.2) is 60.7 Å². The van der Waals surface area contributed by atoms with Gasteiger partial charge in [0.15, 0.2) is 0 Å². The maximum Gasteiger partial charge on any atom is 0.454 e. The van der Waals surface area contributed by atoms with E-state index in [1.54, 1.807) is 12.1 Å². The Morgan fingerprint density at radius 3 is 1.56 bits per heavy atom. The molecule has 138 valence electrons. The average Bonchev–Trinajstić information content (AvgIpc) is 2.54. The molecule has 9 heteroatoms. The van der Waals surface area contributed by atoms with Crippen molar-refractivity contribution in [2.45, 2.75) is 18.4 Å². The number of alkyl halides is 6. The molecular formula is C16H14ClF6NO. The Labute approximate surface area is 146 Å². The Kier molecular flexibility index (Phi) is 8.65. The van der Waals surface area contributed by atoms with Gasteiger partial charge in [0.1, 0.15) is 6.04 Å². The van der Waals surface area contributed by atoms with E-state index in [4.69, 9.17) is 5.73 Å². The first kappa shape index (κ1) is 22.9. The van der Waals surface area contributed by atoms with Crippen LogP contribution >= 0.6 is 12.4 Å². The Bertz CT molecular complexity index is 643. The van der Waals surface area contributed by atoms with Gasteiger partial charge in [0.05, 0.1) is 0 Å². The lowest BCUT2D eigenvalue weighted by molar-refractivity contribution is -0.149. The molecule has 0 saturated carbocycles. The maximum absolute atomic E-state index is 12.0. The summed E-state index contributed by atoms with van der Waals surface area (Å²) < 4.78 is 71.4. The number of hydrogen-bond acceptors (Lipinski definition) is 2. The Morgan fingerprint density at radius 2 is 1.20 bits per heavy atom. The van der Waals surface area contributed by atoms with Crippen LogP contribution in [0.1, 0.15) is 22.0 Å². The molecule has 0 bridgehead atoms. The van der Waals surface area contributed by atoms with E-state index in [9.17, 15) is 31.1 Å². The van der Waals surface area contributed by atoms with Gasteiger partial charge in [0, 0.05) is 5.56 Å². The SMILES string of the molecule is Cl.N[C@@H](c1ccccc1)C(F)(F)F.O=C(c1ccccc1)C(F)(F)F. The average molecular weight is 386 g/mol. The van der Waals surface area contributed by atoms with Gasteiger partial charge < -0.3 is 5.73 Å². The predicted molar refractivity (Wildman–Crippen MR) is 83.5 cm³/mol. The van der Waals surface area contributed by atoms with E-state index >= 15 is 0 Å². The first-order valence-electron chi connectivity index (χ1n) is 6.57. The molecule has 0 fully saturated rings. The monoisotopic (exact) mass is 385 g/mol. The molecule has 2 nitrogen and oxygen atoms in total. The highest BCUT2D eigenvalue weighted by atomic mass is 35.5. The predicted octanol–water partition coefficient (Wildman–Crippen LogP) is 5.10. The van der Waals surface area contributed by atoms with E-state index in [0.29, 0.717) is 0 Å². The zero-order chi connectivity index (χ0) is 18.4. The van der Waals surface area contributed by atoms with Crippen molar-refractivity contribution in [2.24, 2.45) is 5.73 Å². The van der Waals surface area contributed by atoms with Gasteiger partial charge in [-0.3, -0.25) is 4.79 Å². The van der Waals surface area contributed by atoms with E-state index in [0.717, 1.165) is 12.1 Å². The minimum absolute atomic E-state index is 0. The van der Waals surface area contributed by atoms with Crippen molar-refractivity contribution < 1.29 is 31.1 Å². The first-order chi connectivity index (χ1) is 11.0. The second kappa shape index (κ2) is 9.43. The van der Waals surface area contributed by atoms with Crippen molar-refractivity contribution in [2.75, 3.05) is 0 Å². The highest BCUT2D eigenvalue weighted by Gasteiger charge is 2.39. The zero-order valence-corrected chi connectivity index (χ0v) is 13.3. The summed E-state index contributed by atoms with van der Waals surface area (Å²) in [5, 5.41) is 0. The third-order valence-corrected chi connectivity index (χ3v) is 2.80. The van der Waals surface area contributed by atoms with Gasteiger partial charge in [-0.05, 0) is 5.56 Å². The normalized spacial score (nSPS) is 12.3. The number of carbonyl (C=O) groups excluding carboxylic acids is 1. The van der Waals surface area contributed by atoms with Gasteiger partial charge in [0.2, 0.25) is 0 Å². The Balaban J connectivity index is 0.000000443. The van der Waals surface area contributed by atoms with Crippen molar-refractivity contribution in [3.63, 3.8) is 0 Å². The molecule has 0 aromatic heterocycles. The van der Waals surface area contributed by atoms with Crippen LogP contribution in [0.25, 0.3) is 0 Å². The molecule has 0 amide bonds. The van der Waals surface area contributed by atoms with Crippen molar-refractivity contribution in [1.82, 2.24) is 0 Å². The molecule has 1 atom stereocenters. The number of Topliss-reactive ketones (excluding diaryl/α,β-unsaturated/α-hetero) is 1. The quantitative estimate of drug-likeness (QED) is 0.577. The largest absolute Gasteiger partial charge is 0.454 e. The number of ketones is 1. The molecule has 0 aliphatic carbocycles. The molecule has 0 radical (unpaired) electrons. The van der Waals surface area contributed by atoms with E-state index in [2.05, 4.69) is 0 Å². The molecular weight excluding hydrogens is 372 g/mol. The molecule has 2 aromatic carbocycles. The van der Waals surface area contributed by atoms with Crippen molar-refractivity contribution in [3.8, 4) is 0 Å². The minimum Gasteiger partial charge on any atom is -0.316 e. The van der Waals surface area contributed by atoms with Gasteiger partial charge in [0.25, 0.3) is 5.78 Å². The van der Waals surface area contributed by atoms with Crippen LogP contribution in [-0.4, -0.2) is 18.1 Å². The van der Waals surface area contributed by atoms with Crippen molar-refractivity contribution >= 4 is 18.2 Å². The summed E-state index contributed by atoms with van der Waals surface area (Å²) in [7, 11) is 0. The third kappa shape index (κ3) is 7.57. The van der Waals surface area contributed by atoms with Crippen LogP contribution in [0, 0.1) is 0 Å². The van der Waals surface area contributed by atoms with Crippen LogP contribution in [0.4, 0.5) is 26.3 Å². The molecule has 2 aromatic rings. The van der Waals surface area contributed by atoms with Crippen LogP contribution in [0.5, 0.6) is 0 Å². The Morgan fingerprint density at radius 1 is 0.800 bits per heavy atom. The lowest BCUT2D eigenvalue weighted by Gasteiger charge is -2.15. The number of halogens is 7. The van der Waals surface area contributed by atoms with Gasteiger partial charge >= 0.3 is 12.4 Å².